The van der Waals surface area contributed by atoms with Crippen molar-refractivity contribution in [2.45, 2.75) is 68.8 Å². The van der Waals surface area contributed by atoms with Crippen molar-refractivity contribution in [3.63, 3.8) is 0 Å². The normalized spacial score (nSPS) is 39.3. The summed E-state index contributed by atoms with van der Waals surface area (Å²) in [6.07, 6.45) is 17.5. The Morgan fingerprint density at radius 1 is 1.03 bits per heavy atom. The lowest BCUT2D eigenvalue weighted by atomic mass is 9.50. The third-order valence-corrected chi connectivity index (χ3v) is 10.3. The Balaban J connectivity index is 1.30. The Kier molecular flexibility index (Phi) is 5.57. The topological polar surface area (TPSA) is 18.5 Å². The van der Waals surface area contributed by atoms with E-state index in [1.54, 1.807) is 5.57 Å². The second kappa shape index (κ2) is 8.39. The molecule has 1 aromatic carbocycles. The minimum Gasteiger partial charge on any atom is -0.378 e. The molecule has 2 saturated carbocycles. The molecule has 5 atom stereocenters. The zero-order valence-corrected chi connectivity index (χ0v) is 19.5. The fraction of sp³-hybridized carbons (Fsp3) is 0.643. The molecule has 31 heavy (non-hydrogen) atoms. The maximum Gasteiger partial charge on any atom is 0.0704 e. The lowest BCUT2D eigenvalue weighted by Crippen LogP contribution is -2.49. The molecule has 2 nitrogen and oxygen atoms in total. The van der Waals surface area contributed by atoms with Gasteiger partial charge in [-0.2, -0.15) is 0 Å². The van der Waals surface area contributed by atoms with Crippen LogP contribution in [0.3, 0.4) is 0 Å². The maximum atomic E-state index is 6.34. The minimum atomic E-state index is 0.251. The van der Waals surface area contributed by atoms with Gasteiger partial charge in [-0.15, -0.1) is 11.8 Å². The van der Waals surface area contributed by atoms with Gasteiger partial charge in [-0.3, -0.25) is 0 Å². The highest BCUT2D eigenvalue weighted by Gasteiger charge is 2.59. The fourth-order valence-corrected chi connectivity index (χ4v) is 8.97. The Morgan fingerprint density at radius 3 is 2.90 bits per heavy atom. The van der Waals surface area contributed by atoms with Gasteiger partial charge in [0.15, 0.2) is 0 Å². The molecule has 0 N–H and O–H groups in total. The highest BCUT2D eigenvalue weighted by atomic mass is 32.2. The summed E-state index contributed by atoms with van der Waals surface area (Å²) >= 11 is 2.05. The predicted molar refractivity (Wildman–Crippen MR) is 127 cm³/mol. The molecule has 1 aromatic rings. The highest BCUT2D eigenvalue weighted by molar-refractivity contribution is 7.99. The van der Waals surface area contributed by atoms with Gasteiger partial charge < -0.3 is 9.47 Å². The fourth-order valence-electron chi connectivity index (χ4n) is 7.93. The van der Waals surface area contributed by atoms with Crippen LogP contribution in [0.2, 0.25) is 0 Å². The Labute approximate surface area is 191 Å². The number of ether oxygens (including phenoxy) is 2. The summed E-state index contributed by atoms with van der Waals surface area (Å²) in [4.78, 5) is 1.41. The summed E-state index contributed by atoms with van der Waals surface area (Å²) in [7, 11) is 0. The van der Waals surface area contributed by atoms with Crippen LogP contribution in [0.4, 0.5) is 0 Å². The monoisotopic (exact) mass is 436 g/mol. The first-order chi connectivity index (χ1) is 15.3. The molecule has 0 aromatic heterocycles. The third-order valence-electron chi connectivity index (χ3n) is 9.26. The molecule has 1 saturated heterocycles. The quantitative estimate of drug-likeness (QED) is 0.381. The van der Waals surface area contributed by atoms with E-state index < -0.39 is 0 Å². The largest absolute Gasteiger partial charge is 0.378 e. The summed E-state index contributed by atoms with van der Waals surface area (Å²) in [5, 5.41) is 0. The second-order valence-corrected chi connectivity index (χ2v) is 11.6. The van der Waals surface area contributed by atoms with Crippen LogP contribution in [0.5, 0.6) is 0 Å². The molecular formula is C28H36O2S. The van der Waals surface area contributed by atoms with Crippen molar-refractivity contribution < 1.29 is 9.47 Å². The average molecular weight is 437 g/mol. The van der Waals surface area contributed by atoms with Gasteiger partial charge in [-0.25, -0.2) is 0 Å². The molecule has 4 aliphatic carbocycles. The lowest BCUT2D eigenvalue weighted by Gasteiger charge is -2.55. The number of rotatable bonds is 4. The number of fused-ring (bicyclic) bond motifs is 4. The van der Waals surface area contributed by atoms with Crippen LogP contribution in [-0.4, -0.2) is 31.7 Å². The van der Waals surface area contributed by atoms with Crippen molar-refractivity contribution >= 4 is 11.8 Å². The van der Waals surface area contributed by atoms with Crippen molar-refractivity contribution in [3.8, 4) is 0 Å². The van der Waals surface area contributed by atoms with Crippen LogP contribution in [0.25, 0.3) is 0 Å². The van der Waals surface area contributed by atoms with Crippen LogP contribution < -0.4 is 0 Å². The molecule has 1 aliphatic heterocycles. The molecule has 1 heterocycles. The number of hydrogen-bond donors (Lipinski definition) is 0. The Bertz CT molecular complexity index is 861. The van der Waals surface area contributed by atoms with Crippen molar-refractivity contribution in [2.24, 2.45) is 22.7 Å². The van der Waals surface area contributed by atoms with Crippen LogP contribution in [0, 0.1) is 22.7 Å². The molecule has 6 rings (SSSR count). The first-order valence-electron chi connectivity index (χ1n) is 12.6. The Morgan fingerprint density at radius 2 is 1.97 bits per heavy atom. The molecule has 1 unspecified atom stereocenters. The van der Waals surface area contributed by atoms with Gasteiger partial charge in [0.05, 0.1) is 25.9 Å². The first kappa shape index (κ1) is 20.6. The molecule has 166 valence electrons. The third kappa shape index (κ3) is 3.38. The van der Waals surface area contributed by atoms with E-state index in [2.05, 4.69) is 42.5 Å². The number of hydrogen-bond acceptors (Lipinski definition) is 3. The second-order valence-electron chi connectivity index (χ2n) is 10.5. The van der Waals surface area contributed by atoms with Gasteiger partial charge in [0.25, 0.3) is 0 Å². The van der Waals surface area contributed by atoms with Crippen LogP contribution in [-0.2, 0) is 9.47 Å². The van der Waals surface area contributed by atoms with Crippen molar-refractivity contribution in [1.29, 1.82) is 0 Å². The van der Waals surface area contributed by atoms with E-state index in [0.717, 1.165) is 31.7 Å². The molecule has 0 amide bonds. The van der Waals surface area contributed by atoms with Gasteiger partial charge in [0.2, 0.25) is 0 Å². The van der Waals surface area contributed by atoms with Gasteiger partial charge in [-0.05, 0) is 87.5 Å². The Hall–Kier alpha value is -1.03. The van der Waals surface area contributed by atoms with E-state index in [-0.39, 0.29) is 5.41 Å². The number of thioether (sulfide) groups is 1. The molecule has 0 bridgehead atoms. The van der Waals surface area contributed by atoms with E-state index in [1.165, 1.54) is 68.4 Å². The molecular weight excluding hydrogens is 400 g/mol. The van der Waals surface area contributed by atoms with Gasteiger partial charge in [0, 0.05) is 15.7 Å². The molecule has 3 fully saturated rings. The predicted octanol–water partition coefficient (Wildman–Crippen LogP) is 6.82. The van der Waals surface area contributed by atoms with Crippen LogP contribution in [0.15, 0.2) is 58.5 Å². The molecule has 3 heteroatoms. The van der Waals surface area contributed by atoms with E-state index >= 15 is 0 Å². The number of benzene rings is 1. The SMILES string of the molecule is C1=C2CC[C@@H]3C(=CC[C@]45COCCOC4CC[C@@H]35)[C@@]2(CCSc2ccccc2)CCC1. The van der Waals surface area contributed by atoms with Gasteiger partial charge >= 0.3 is 0 Å². The van der Waals surface area contributed by atoms with E-state index in [9.17, 15) is 0 Å². The average Bonchev–Trinajstić information content (AvgIpc) is 3.06. The summed E-state index contributed by atoms with van der Waals surface area (Å²) in [6.45, 7) is 2.48. The zero-order valence-electron chi connectivity index (χ0n) is 18.7. The molecule has 0 radical (unpaired) electrons. The summed E-state index contributed by atoms with van der Waals surface area (Å²) in [6, 6.07) is 11.0. The van der Waals surface area contributed by atoms with Crippen LogP contribution >= 0.6 is 11.8 Å². The lowest BCUT2D eigenvalue weighted by molar-refractivity contribution is -0.0455. The summed E-state index contributed by atoms with van der Waals surface area (Å²) < 4.78 is 12.5. The summed E-state index contributed by atoms with van der Waals surface area (Å²) in [5.74, 6) is 2.73. The van der Waals surface area contributed by atoms with Crippen LogP contribution in [0.1, 0.15) is 57.8 Å². The first-order valence-corrected chi connectivity index (χ1v) is 13.6. The molecule has 5 aliphatic rings. The smallest absolute Gasteiger partial charge is 0.0704 e. The van der Waals surface area contributed by atoms with Crippen molar-refractivity contribution in [2.75, 3.05) is 25.6 Å². The zero-order chi connectivity index (χ0) is 20.7. The highest BCUT2D eigenvalue weighted by Crippen LogP contribution is 2.65. The van der Waals surface area contributed by atoms with E-state index in [4.69, 9.17) is 9.47 Å². The van der Waals surface area contributed by atoms with E-state index in [0.29, 0.717) is 11.5 Å². The standard InChI is InChI=1S/C28H36O2S/c1-2-7-22(8-3-1)31-19-16-27-14-5-4-6-21(27)9-10-23-24-11-12-26-28(24,15-13-25(23)27)20-29-17-18-30-26/h1-3,6-8,13,23-24,26H,4-5,9-12,14-20H2/t23-,24-,26?,27+,28+/m0/s1. The van der Waals surface area contributed by atoms with E-state index in [1.807, 2.05) is 17.3 Å². The van der Waals surface area contributed by atoms with Crippen molar-refractivity contribution in [1.82, 2.24) is 0 Å². The minimum absolute atomic E-state index is 0.251. The molecule has 1 spiro atoms. The number of allylic oxidation sites excluding steroid dienone is 4. The van der Waals surface area contributed by atoms with Crippen molar-refractivity contribution in [3.05, 3.63) is 53.6 Å². The maximum absolute atomic E-state index is 6.34. The summed E-state index contributed by atoms with van der Waals surface area (Å²) in [5.41, 5.74) is 4.21. The van der Waals surface area contributed by atoms with Gasteiger partial charge in [-0.1, -0.05) is 41.5 Å². The van der Waals surface area contributed by atoms with Gasteiger partial charge in [0.1, 0.15) is 0 Å².